The highest BCUT2D eigenvalue weighted by molar-refractivity contribution is 7.12. The molecule has 1 aliphatic rings. The van der Waals surface area contributed by atoms with Crippen molar-refractivity contribution in [2.24, 2.45) is 0 Å². The molecule has 7 heteroatoms. The molecule has 6 nitrogen and oxygen atoms in total. The van der Waals surface area contributed by atoms with Crippen LogP contribution in [0.2, 0.25) is 0 Å². The molecule has 0 radical (unpaired) electrons. The number of amides is 2. The van der Waals surface area contributed by atoms with Crippen LogP contribution in [0.5, 0.6) is 0 Å². The Labute approximate surface area is 168 Å². The van der Waals surface area contributed by atoms with E-state index >= 15 is 0 Å². The Morgan fingerprint density at radius 1 is 1.21 bits per heavy atom. The van der Waals surface area contributed by atoms with Gasteiger partial charge in [-0.25, -0.2) is 0 Å². The van der Waals surface area contributed by atoms with Gasteiger partial charge in [-0.05, 0) is 29.9 Å². The summed E-state index contributed by atoms with van der Waals surface area (Å²) in [5.74, 6) is -0.741. The summed E-state index contributed by atoms with van der Waals surface area (Å²) in [5, 5.41) is 4.72. The van der Waals surface area contributed by atoms with Crippen molar-refractivity contribution in [2.75, 3.05) is 13.1 Å². The Morgan fingerprint density at radius 2 is 2.00 bits per heavy atom. The predicted molar refractivity (Wildman–Crippen MR) is 107 cm³/mol. The van der Waals surface area contributed by atoms with E-state index in [1.807, 2.05) is 41.8 Å². The zero-order chi connectivity index (χ0) is 19.9. The van der Waals surface area contributed by atoms with Crippen LogP contribution in [0.1, 0.15) is 35.0 Å². The third-order valence-corrected chi connectivity index (χ3v) is 5.52. The van der Waals surface area contributed by atoms with E-state index < -0.39 is 6.04 Å². The molecule has 0 aliphatic carbocycles. The van der Waals surface area contributed by atoms with Crippen molar-refractivity contribution in [1.82, 2.24) is 10.2 Å². The molecule has 1 aromatic carbocycles. The molecular formula is C21H24N2O4S. The lowest BCUT2D eigenvalue weighted by Crippen LogP contribution is -2.53. The molecule has 2 aromatic rings. The number of esters is 1. The van der Waals surface area contributed by atoms with Crippen LogP contribution in [0, 0.1) is 0 Å². The molecule has 0 spiro atoms. The average Bonchev–Trinajstić information content (AvgIpc) is 3.22. The first-order valence-electron chi connectivity index (χ1n) is 9.37. The van der Waals surface area contributed by atoms with E-state index in [2.05, 4.69) is 5.32 Å². The van der Waals surface area contributed by atoms with Crippen LogP contribution >= 0.6 is 11.3 Å². The maximum Gasteiger partial charge on any atom is 0.302 e. The summed E-state index contributed by atoms with van der Waals surface area (Å²) in [7, 11) is 0. The monoisotopic (exact) mass is 400 g/mol. The van der Waals surface area contributed by atoms with Crippen molar-refractivity contribution in [1.29, 1.82) is 0 Å². The topological polar surface area (TPSA) is 75.7 Å². The Kier molecular flexibility index (Phi) is 6.81. The highest BCUT2D eigenvalue weighted by Crippen LogP contribution is 2.17. The van der Waals surface area contributed by atoms with Gasteiger partial charge >= 0.3 is 5.97 Å². The summed E-state index contributed by atoms with van der Waals surface area (Å²) in [4.78, 5) is 39.3. The van der Waals surface area contributed by atoms with Crippen LogP contribution in [0.15, 0.2) is 47.8 Å². The van der Waals surface area contributed by atoms with Gasteiger partial charge in [0.15, 0.2) is 0 Å². The Hall–Kier alpha value is -2.67. The van der Waals surface area contributed by atoms with Crippen molar-refractivity contribution in [3.8, 4) is 0 Å². The van der Waals surface area contributed by atoms with Gasteiger partial charge in [-0.15, -0.1) is 11.3 Å². The van der Waals surface area contributed by atoms with Crippen molar-refractivity contribution < 1.29 is 19.1 Å². The van der Waals surface area contributed by atoms with Crippen LogP contribution in [0.3, 0.4) is 0 Å². The summed E-state index contributed by atoms with van der Waals surface area (Å²) >= 11 is 1.34. The van der Waals surface area contributed by atoms with Crippen LogP contribution in [-0.4, -0.2) is 47.9 Å². The summed E-state index contributed by atoms with van der Waals surface area (Å²) in [6.07, 6.45) is 1.63. The minimum absolute atomic E-state index is 0.148. The summed E-state index contributed by atoms with van der Waals surface area (Å²) in [6.45, 7) is 2.33. The zero-order valence-electron chi connectivity index (χ0n) is 15.8. The number of hydrogen-bond acceptors (Lipinski definition) is 5. The first-order chi connectivity index (χ1) is 13.5. The van der Waals surface area contributed by atoms with Gasteiger partial charge in [0.2, 0.25) is 5.91 Å². The molecule has 28 heavy (non-hydrogen) atoms. The van der Waals surface area contributed by atoms with E-state index in [0.717, 1.165) is 18.4 Å². The van der Waals surface area contributed by atoms with Gasteiger partial charge in [-0.1, -0.05) is 36.4 Å². The smallest absolute Gasteiger partial charge is 0.302 e. The van der Waals surface area contributed by atoms with E-state index in [9.17, 15) is 14.4 Å². The Morgan fingerprint density at radius 3 is 2.68 bits per heavy atom. The number of benzene rings is 1. The average molecular weight is 401 g/mol. The Balaban J connectivity index is 1.73. The van der Waals surface area contributed by atoms with Gasteiger partial charge in [0.05, 0.1) is 11.4 Å². The van der Waals surface area contributed by atoms with Crippen LogP contribution in [0.25, 0.3) is 0 Å². The first-order valence-corrected chi connectivity index (χ1v) is 10.2. The summed E-state index contributed by atoms with van der Waals surface area (Å²) in [5.41, 5.74) is 0.973. The van der Waals surface area contributed by atoms with Crippen molar-refractivity contribution >= 4 is 29.1 Å². The second-order valence-electron chi connectivity index (χ2n) is 6.85. The predicted octanol–water partition coefficient (Wildman–Crippen LogP) is 2.64. The maximum absolute atomic E-state index is 13.2. The lowest BCUT2D eigenvalue weighted by Gasteiger charge is -2.34. The molecule has 3 rings (SSSR count). The molecule has 0 unspecified atom stereocenters. The Bertz CT molecular complexity index is 807. The number of hydrogen-bond donors (Lipinski definition) is 1. The minimum Gasteiger partial charge on any atom is -0.461 e. The van der Waals surface area contributed by atoms with Crippen molar-refractivity contribution in [3.63, 3.8) is 0 Å². The maximum atomic E-state index is 13.2. The zero-order valence-corrected chi connectivity index (χ0v) is 16.6. The molecule has 148 valence electrons. The number of ether oxygens (including phenoxy) is 1. The fourth-order valence-corrected chi connectivity index (χ4v) is 4.00. The second-order valence-corrected chi connectivity index (χ2v) is 7.80. The highest BCUT2D eigenvalue weighted by atomic mass is 32.1. The molecule has 1 aromatic heterocycles. The van der Waals surface area contributed by atoms with E-state index in [1.165, 1.54) is 18.3 Å². The largest absolute Gasteiger partial charge is 0.461 e. The number of rotatable bonds is 6. The fourth-order valence-electron chi connectivity index (χ4n) is 3.38. The number of carbonyl (C=O) groups is 3. The van der Waals surface area contributed by atoms with Gasteiger partial charge < -0.3 is 15.0 Å². The third kappa shape index (κ3) is 5.42. The molecule has 0 saturated carbocycles. The molecule has 1 N–H and O–H groups in total. The number of nitrogens with zero attached hydrogens (tertiary/aromatic N) is 1. The molecule has 2 heterocycles. The normalized spacial score (nSPS) is 17.6. The van der Waals surface area contributed by atoms with Gasteiger partial charge in [-0.3, -0.25) is 14.4 Å². The van der Waals surface area contributed by atoms with Gasteiger partial charge in [0.25, 0.3) is 5.91 Å². The number of thiophene rings is 1. The number of nitrogens with one attached hydrogen (secondary N) is 1. The van der Waals surface area contributed by atoms with Crippen LogP contribution in [-0.2, 0) is 20.7 Å². The number of likely N-dealkylation sites (tertiary alicyclic amines) is 1. The van der Waals surface area contributed by atoms with Gasteiger partial charge in [0.1, 0.15) is 12.1 Å². The summed E-state index contributed by atoms with van der Waals surface area (Å²) < 4.78 is 5.29. The minimum atomic E-state index is -0.673. The quantitative estimate of drug-likeness (QED) is 0.757. The highest BCUT2D eigenvalue weighted by Gasteiger charge is 2.31. The van der Waals surface area contributed by atoms with Gasteiger partial charge in [-0.2, -0.15) is 0 Å². The first kappa shape index (κ1) is 20.1. The molecule has 2 atom stereocenters. The second kappa shape index (κ2) is 9.50. The van der Waals surface area contributed by atoms with Crippen LogP contribution < -0.4 is 5.32 Å². The molecular weight excluding hydrogens is 376 g/mol. The third-order valence-electron chi connectivity index (χ3n) is 4.65. The summed E-state index contributed by atoms with van der Waals surface area (Å²) in [6, 6.07) is 12.5. The molecule has 1 saturated heterocycles. The fraction of sp³-hybridized carbons (Fsp3) is 0.381. The number of carbonyl (C=O) groups excluding carboxylic acids is 3. The van der Waals surface area contributed by atoms with E-state index in [-0.39, 0.29) is 23.9 Å². The molecule has 1 fully saturated rings. The lowest BCUT2D eigenvalue weighted by atomic mass is 10.0. The molecule has 2 amide bonds. The van der Waals surface area contributed by atoms with Gasteiger partial charge in [0, 0.05) is 19.9 Å². The lowest BCUT2D eigenvalue weighted by molar-refractivity contribution is -0.152. The molecule has 0 bridgehead atoms. The molecule has 1 aliphatic heterocycles. The number of piperidine rings is 1. The van der Waals surface area contributed by atoms with Crippen molar-refractivity contribution in [3.05, 3.63) is 58.3 Å². The standard InChI is InChI=1S/C21H24N2O4S/c1-15(24)27-17-9-5-11-23(14-17)21(26)18(13-16-7-3-2-4-8-16)22-20(25)19-10-6-12-28-19/h2-4,6-8,10,12,17-18H,5,9,11,13-14H2,1H3,(H,22,25)/t17-,18+/m0/s1. The SMILES string of the molecule is CC(=O)O[C@H]1CCCN(C(=O)[C@@H](Cc2ccccc2)NC(=O)c2cccs2)C1. The van der Waals surface area contributed by atoms with E-state index in [0.29, 0.717) is 24.4 Å². The van der Waals surface area contributed by atoms with E-state index in [1.54, 1.807) is 11.0 Å². The van der Waals surface area contributed by atoms with Crippen molar-refractivity contribution in [2.45, 2.75) is 38.3 Å². The van der Waals surface area contributed by atoms with Crippen LogP contribution in [0.4, 0.5) is 0 Å². The van der Waals surface area contributed by atoms with E-state index in [4.69, 9.17) is 4.74 Å².